The molecule has 1 atom stereocenters. The number of aryl methyl sites for hydroxylation is 1. The van der Waals surface area contributed by atoms with Gasteiger partial charge in [-0.2, -0.15) is 0 Å². The Morgan fingerprint density at radius 2 is 1.14 bits per heavy atom. The molecule has 0 aliphatic heterocycles. The van der Waals surface area contributed by atoms with Gasteiger partial charge in [-0.3, -0.25) is 0 Å². The Bertz CT molecular complexity index is 683. The summed E-state index contributed by atoms with van der Waals surface area (Å²) in [5, 5.41) is 0. The summed E-state index contributed by atoms with van der Waals surface area (Å²) in [6.07, 6.45) is -8.45. The van der Waals surface area contributed by atoms with Crippen molar-refractivity contribution >= 4 is 0 Å². The number of ether oxygens (including phenoxy) is 2. The lowest BCUT2D eigenvalue weighted by Crippen LogP contribution is -2.17. The zero-order chi connectivity index (χ0) is 20.7. The minimum atomic E-state index is -4.64. The zero-order valence-electron chi connectivity index (χ0n) is 15.3. The molecule has 2 rings (SSSR count). The molecule has 28 heavy (non-hydrogen) atoms. The van der Waals surface area contributed by atoms with E-state index in [2.05, 4.69) is 9.47 Å². The van der Waals surface area contributed by atoms with E-state index < -0.39 is 12.7 Å². The van der Waals surface area contributed by atoms with Gasteiger partial charge in [-0.1, -0.05) is 31.2 Å². The van der Waals surface area contributed by atoms with Crippen molar-refractivity contribution in [2.45, 2.75) is 39.0 Å². The number of halogens is 6. The first-order valence-electron chi connectivity index (χ1n) is 7.85. The normalized spacial score (nSPS) is 12.2. The molecule has 158 valence electrons. The first-order valence-corrected chi connectivity index (χ1v) is 7.85. The second-order valence-electron chi connectivity index (χ2n) is 5.45. The number of rotatable bonds is 4. The van der Waals surface area contributed by atoms with E-state index in [-0.39, 0.29) is 23.7 Å². The maximum absolute atomic E-state index is 11.8. The predicted octanol–water partition coefficient (Wildman–Crippen LogP) is 5.91. The van der Waals surface area contributed by atoms with Crippen LogP contribution in [0.2, 0.25) is 0 Å². The van der Waals surface area contributed by atoms with Crippen LogP contribution in [-0.4, -0.2) is 12.7 Å². The van der Waals surface area contributed by atoms with Gasteiger partial charge in [-0.05, 0) is 48.7 Å². The maximum atomic E-state index is 11.8. The molecule has 0 heterocycles. The first-order chi connectivity index (χ1) is 12.4. The van der Waals surface area contributed by atoms with Crippen molar-refractivity contribution in [2.24, 2.45) is 5.73 Å². The van der Waals surface area contributed by atoms with E-state index in [1.165, 1.54) is 36.4 Å². The van der Waals surface area contributed by atoms with Crippen molar-refractivity contribution < 1.29 is 35.8 Å². The quantitative estimate of drug-likeness (QED) is 0.612. The Morgan fingerprint density at radius 3 is 1.43 bits per heavy atom. The summed E-state index contributed by atoms with van der Waals surface area (Å²) in [6.45, 7) is 3.68. The molecule has 1 unspecified atom stereocenters. The number of alkyl halides is 6. The molecule has 0 saturated heterocycles. The van der Waals surface area contributed by atoms with E-state index in [0.29, 0.717) is 0 Å². The van der Waals surface area contributed by atoms with Gasteiger partial charge in [0.15, 0.2) is 0 Å². The van der Waals surface area contributed by atoms with Crippen molar-refractivity contribution in [3.8, 4) is 11.5 Å². The summed E-state index contributed by atoms with van der Waals surface area (Å²) in [5.74, 6) is -0.411. The molecular weight excluding hydrogens is 390 g/mol. The third kappa shape index (κ3) is 10.6. The second kappa shape index (κ2) is 10.8. The summed E-state index contributed by atoms with van der Waals surface area (Å²) in [7, 11) is 0. The standard InChI is InChI=1S/C9H10F3NO.C9H9F3O.H3N/c1-6(13)7-2-4-8(5-3-7)14-9(10,11)12;1-2-7-3-5-8(6-4-7)13-9(10,11)12;/h2-6H,13H2,1H3;3-6H,2H2,1H3;1H3. The molecule has 0 aromatic heterocycles. The molecule has 0 radical (unpaired) electrons. The summed E-state index contributed by atoms with van der Waals surface area (Å²) < 4.78 is 77.8. The van der Waals surface area contributed by atoms with Gasteiger partial charge in [0, 0.05) is 6.04 Å². The average molecular weight is 412 g/mol. The number of nitrogens with two attached hydrogens (primary N) is 1. The van der Waals surface area contributed by atoms with Gasteiger partial charge in [-0.25, -0.2) is 0 Å². The number of hydrogen-bond acceptors (Lipinski definition) is 4. The smallest absolute Gasteiger partial charge is 0.406 e. The molecule has 10 heteroatoms. The summed E-state index contributed by atoms with van der Waals surface area (Å²) in [6, 6.07) is 11.1. The van der Waals surface area contributed by atoms with Crippen LogP contribution in [0.1, 0.15) is 31.0 Å². The predicted molar refractivity (Wildman–Crippen MR) is 93.3 cm³/mol. The highest BCUT2D eigenvalue weighted by Gasteiger charge is 2.31. The van der Waals surface area contributed by atoms with Crippen LogP contribution in [0.15, 0.2) is 48.5 Å². The zero-order valence-corrected chi connectivity index (χ0v) is 15.3. The molecule has 0 aliphatic rings. The topological polar surface area (TPSA) is 79.5 Å². The van der Waals surface area contributed by atoms with Crippen LogP contribution in [0.4, 0.5) is 26.3 Å². The van der Waals surface area contributed by atoms with E-state index in [9.17, 15) is 26.3 Å². The Labute approximate surface area is 158 Å². The fraction of sp³-hybridized carbons (Fsp3) is 0.333. The molecule has 4 nitrogen and oxygen atoms in total. The van der Waals surface area contributed by atoms with Crippen LogP contribution in [0, 0.1) is 0 Å². The first kappa shape index (κ1) is 25.5. The fourth-order valence-corrected chi connectivity index (χ4v) is 1.90. The molecule has 0 saturated carbocycles. The third-order valence-corrected chi connectivity index (χ3v) is 3.20. The molecule has 0 fully saturated rings. The van der Waals surface area contributed by atoms with Gasteiger partial charge >= 0.3 is 12.7 Å². The van der Waals surface area contributed by atoms with Crippen molar-refractivity contribution in [3.05, 3.63) is 59.7 Å². The van der Waals surface area contributed by atoms with Crippen LogP contribution in [0.5, 0.6) is 11.5 Å². The van der Waals surface area contributed by atoms with Gasteiger partial charge in [0.05, 0.1) is 0 Å². The molecule has 0 aliphatic carbocycles. The van der Waals surface area contributed by atoms with Crippen LogP contribution in [0.3, 0.4) is 0 Å². The van der Waals surface area contributed by atoms with Crippen LogP contribution >= 0.6 is 0 Å². The van der Waals surface area contributed by atoms with Crippen molar-refractivity contribution in [1.82, 2.24) is 6.15 Å². The van der Waals surface area contributed by atoms with Gasteiger partial charge in [-0.15, -0.1) is 26.3 Å². The summed E-state index contributed by atoms with van der Waals surface area (Å²) >= 11 is 0. The average Bonchev–Trinajstić information content (AvgIpc) is 2.54. The molecule has 2 aromatic rings. The SMILES string of the molecule is CC(N)c1ccc(OC(F)(F)F)cc1.CCc1ccc(OC(F)(F)F)cc1.N. The monoisotopic (exact) mass is 412 g/mol. The summed E-state index contributed by atoms with van der Waals surface area (Å²) in [4.78, 5) is 0. The minimum Gasteiger partial charge on any atom is -0.406 e. The molecule has 0 spiro atoms. The molecule has 2 aromatic carbocycles. The second-order valence-corrected chi connectivity index (χ2v) is 5.45. The minimum absolute atomic E-state index is 0. The van der Waals surface area contributed by atoms with Crippen LogP contribution in [-0.2, 0) is 6.42 Å². The van der Waals surface area contributed by atoms with Gasteiger partial charge in [0.25, 0.3) is 0 Å². The van der Waals surface area contributed by atoms with E-state index in [1.807, 2.05) is 6.92 Å². The van der Waals surface area contributed by atoms with Crippen LogP contribution in [0.25, 0.3) is 0 Å². The highest BCUT2D eigenvalue weighted by Crippen LogP contribution is 2.24. The lowest BCUT2D eigenvalue weighted by atomic mass is 10.1. The molecule has 0 amide bonds. The van der Waals surface area contributed by atoms with Crippen molar-refractivity contribution in [1.29, 1.82) is 0 Å². The highest BCUT2D eigenvalue weighted by atomic mass is 19.4. The van der Waals surface area contributed by atoms with E-state index in [4.69, 9.17) is 5.73 Å². The summed E-state index contributed by atoms with van der Waals surface area (Å²) in [5.41, 5.74) is 7.27. The van der Waals surface area contributed by atoms with Crippen molar-refractivity contribution in [2.75, 3.05) is 0 Å². The van der Waals surface area contributed by atoms with Crippen molar-refractivity contribution in [3.63, 3.8) is 0 Å². The van der Waals surface area contributed by atoms with Gasteiger partial charge in [0.2, 0.25) is 0 Å². The Hall–Kier alpha value is -2.46. The van der Waals surface area contributed by atoms with E-state index in [1.54, 1.807) is 19.1 Å². The van der Waals surface area contributed by atoms with E-state index >= 15 is 0 Å². The Kier molecular flexibility index (Phi) is 9.82. The fourth-order valence-electron chi connectivity index (χ4n) is 1.90. The molecule has 0 bridgehead atoms. The van der Waals surface area contributed by atoms with E-state index in [0.717, 1.165) is 17.5 Å². The van der Waals surface area contributed by atoms with Crippen LogP contribution < -0.4 is 21.4 Å². The Balaban J connectivity index is 0.000000504. The largest absolute Gasteiger partial charge is 0.573 e. The molecule has 5 N–H and O–H groups in total. The number of hydrogen-bond donors (Lipinski definition) is 2. The van der Waals surface area contributed by atoms with Gasteiger partial charge in [0.1, 0.15) is 11.5 Å². The lowest BCUT2D eigenvalue weighted by molar-refractivity contribution is -0.275. The lowest BCUT2D eigenvalue weighted by Gasteiger charge is -2.10. The van der Waals surface area contributed by atoms with Gasteiger partial charge < -0.3 is 21.4 Å². The maximum Gasteiger partial charge on any atom is 0.573 e. The molecular formula is C18H22F6N2O2. The third-order valence-electron chi connectivity index (χ3n) is 3.20. The number of benzene rings is 2. The highest BCUT2D eigenvalue weighted by molar-refractivity contribution is 5.29. The Morgan fingerprint density at radius 1 is 0.786 bits per heavy atom.